The smallest absolute Gasteiger partial charge is 0.407 e. The molecule has 2 aromatic carbocycles. The molecule has 0 spiro atoms. The highest BCUT2D eigenvalue weighted by Gasteiger charge is 2.28. The molecule has 1 aliphatic heterocycles. The van der Waals surface area contributed by atoms with Gasteiger partial charge in [0.2, 0.25) is 0 Å². The first-order valence-electron chi connectivity index (χ1n) is 12.3. The number of benzene rings is 2. The molecule has 1 aliphatic rings. The van der Waals surface area contributed by atoms with Crippen LogP contribution >= 0.6 is 0 Å². The van der Waals surface area contributed by atoms with Gasteiger partial charge in [0.1, 0.15) is 6.04 Å². The van der Waals surface area contributed by atoms with E-state index >= 15 is 0 Å². The molecule has 9 nitrogen and oxygen atoms in total. The molecule has 0 saturated carbocycles. The SMILES string of the molecule is CCOC(=O)NC(Cc1ccccc1)C(=O)NN(Cc1ccc(C#N)cc1)C(=O)N1CCCCCC1. The van der Waals surface area contributed by atoms with Crippen LogP contribution in [0.4, 0.5) is 9.59 Å². The molecule has 0 aliphatic carbocycles. The van der Waals surface area contributed by atoms with Crippen LogP contribution in [0.1, 0.15) is 49.3 Å². The Morgan fingerprint density at radius 2 is 1.67 bits per heavy atom. The van der Waals surface area contributed by atoms with E-state index in [1.54, 1.807) is 36.1 Å². The number of amides is 4. The van der Waals surface area contributed by atoms with Gasteiger partial charge in [0.05, 0.1) is 24.8 Å². The van der Waals surface area contributed by atoms with Crippen LogP contribution in [0, 0.1) is 11.3 Å². The number of hydrogen-bond donors (Lipinski definition) is 2. The number of carbonyl (C=O) groups excluding carboxylic acids is 3. The molecule has 2 aromatic rings. The van der Waals surface area contributed by atoms with E-state index in [1.165, 1.54) is 5.01 Å². The van der Waals surface area contributed by atoms with Crippen LogP contribution in [0.5, 0.6) is 0 Å². The highest BCUT2D eigenvalue weighted by Crippen LogP contribution is 2.14. The van der Waals surface area contributed by atoms with Gasteiger partial charge in [-0.05, 0) is 43.0 Å². The molecular formula is C27H33N5O4. The van der Waals surface area contributed by atoms with Crippen molar-refractivity contribution in [2.24, 2.45) is 0 Å². The van der Waals surface area contributed by atoms with Crippen molar-refractivity contribution < 1.29 is 19.1 Å². The van der Waals surface area contributed by atoms with E-state index in [-0.39, 0.29) is 25.6 Å². The number of alkyl carbamates (subject to hydrolysis) is 1. The third kappa shape index (κ3) is 8.01. The van der Waals surface area contributed by atoms with Crippen LogP contribution < -0.4 is 10.7 Å². The fraction of sp³-hybridized carbons (Fsp3) is 0.407. The van der Waals surface area contributed by atoms with Crippen LogP contribution in [-0.4, -0.2) is 53.7 Å². The van der Waals surface area contributed by atoms with Crippen LogP contribution in [-0.2, 0) is 22.5 Å². The average molecular weight is 492 g/mol. The number of nitrogens with one attached hydrogen (secondary N) is 2. The molecule has 9 heteroatoms. The minimum atomic E-state index is -0.952. The third-order valence-corrected chi connectivity index (χ3v) is 5.94. The van der Waals surface area contributed by atoms with Crippen molar-refractivity contribution in [3.8, 4) is 6.07 Å². The minimum absolute atomic E-state index is 0.115. The Labute approximate surface area is 212 Å². The van der Waals surface area contributed by atoms with E-state index in [1.807, 2.05) is 30.3 Å². The maximum atomic E-state index is 13.5. The zero-order valence-corrected chi connectivity index (χ0v) is 20.6. The summed E-state index contributed by atoms with van der Waals surface area (Å²) in [6.07, 6.45) is 3.47. The zero-order valence-electron chi connectivity index (χ0n) is 20.6. The molecular weight excluding hydrogens is 458 g/mol. The second-order valence-corrected chi connectivity index (χ2v) is 8.66. The molecule has 1 unspecified atom stereocenters. The van der Waals surface area contributed by atoms with Crippen molar-refractivity contribution in [3.63, 3.8) is 0 Å². The summed E-state index contributed by atoms with van der Waals surface area (Å²) in [5.74, 6) is -0.524. The van der Waals surface area contributed by atoms with Gasteiger partial charge in [-0.25, -0.2) is 14.6 Å². The lowest BCUT2D eigenvalue weighted by Crippen LogP contribution is -2.57. The van der Waals surface area contributed by atoms with Crippen molar-refractivity contribution >= 4 is 18.0 Å². The number of hydrogen-bond acceptors (Lipinski definition) is 5. The molecule has 1 fully saturated rings. The normalized spacial score (nSPS) is 14.1. The molecule has 0 radical (unpaired) electrons. The van der Waals surface area contributed by atoms with Gasteiger partial charge in [-0.1, -0.05) is 55.3 Å². The fourth-order valence-corrected chi connectivity index (χ4v) is 4.04. The molecule has 1 atom stereocenters. The van der Waals surface area contributed by atoms with E-state index in [0.717, 1.165) is 36.8 Å². The largest absolute Gasteiger partial charge is 0.450 e. The van der Waals surface area contributed by atoms with Gasteiger partial charge in [0.15, 0.2) is 0 Å². The zero-order chi connectivity index (χ0) is 25.8. The number of ether oxygens (including phenoxy) is 1. The topological polar surface area (TPSA) is 115 Å². The van der Waals surface area contributed by atoms with E-state index in [9.17, 15) is 14.4 Å². The second-order valence-electron chi connectivity index (χ2n) is 8.66. The molecule has 0 bridgehead atoms. The van der Waals surface area contributed by atoms with Gasteiger partial charge < -0.3 is 15.0 Å². The van der Waals surface area contributed by atoms with E-state index in [0.29, 0.717) is 18.7 Å². The number of rotatable bonds is 7. The molecule has 2 N–H and O–H groups in total. The Morgan fingerprint density at radius 1 is 1.00 bits per heavy atom. The first-order chi connectivity index (χ1) is 17.5. The van der Waals surface area contributed by atoms with Crippen LogP contribution in [0.3, 0.4) is 0 Å². The highest BCUT2D eigenvalue weighted by atomic mass is 16.5. The monoisotopic (exact) mass is 491 g/mol. The maximum absolute atomic E-state index is 13.5. The predicted molar refractivity (Wildman–Crippen MR) is 134 cm³/mol. The molecule has 190 valence electrons. The third-order valence-electron chi connectivity index (χ3n) is 5.94. The molecule has 3 rings (SSSR count). The Bertz CT molecular complexity index is 1040. The van der Waals surface area contributed by atoms with Crippen molar-refractivity contribution in [3.05, 3.63) is 71.3 Å². The molecule has 0 aromatic heterocycles. The number of nitriles is 1. The number of urea groups is 1. The summed E-state index contributed by atoms with van der Waals surface area (Å²) in [6.45, 7) is 3.21. The van der Waals surface area contributed by atoms with Crippen LogP contribution in [0.2, 0.25) is 0 Å². The quantitative estimate of drug-likeness (QED) is 0.573. The minimum Gasteiger partial charge on any atom is -0.450 e. The summed E-state index contributed by atoms with van der Waals surface area (Å²) in [5.41, 5.74) is 4.87. The van der Waals surface area contributed by atoms with Crippen LogP contribution in [0.15, 0.2) is 54.6 Å². The molecule has 36 heavy (non-hydrogen) atoms. The Kier molecular flexibility index (Phi) is 10.1. The molecule has 1 heterocycles. The van der Waals surface area contributed by atoms with Gasteiger partial charge in [-0.2, -0.15) is 5.26 Å². The van der Waals surface area contributed by atoms with Gasteiger partial charge in [-0.3, -0.25) is 10.2 Å². The van der Waals surface area contributed by atoms with Gasteiger partial charge >= 0.3 is 12.1 Å². The summed E-state index contributed by atoms with van der Waals surface area (Å²) in [6, 6.07) is 17.0. The van der Waals surface area contributed by atoms with Gasteiger partial charge in [-0.15, -0.1) is 0 Å². The lowest BCUT2D eigenvalue weighted by atomic mass is 10.1. The van der Waals surface area contributed by atoms with Crippen molar-refractivity contribution in [1.29, 1.82) is 5.26 Å². The summed E-state index contributed by atoms with van der Waals surface area (Å²) >= 11 is 0. The average Bonchev–Trinajstić information content (AvgIpc) is 3.18. The Hall–Kier alpha value is -4.06. The predicted octanol–water partition coefficient (Wildman–Crippen LogP) is 3.74. The second kappa shape index (κ2) is 13.7. The van der Waals surface area contributed by atoms with Gasteiger partial charge in [0.25, 0.3) is 5.91 Å². The Balaban J connectivity index is 1.81. The first-order valence-corrected chi connectivity index (χ1v) is 12.3. The number of likely N-dealkylation sites (tertiary alicyclic amines) is 1. The van der Waals surface area contributed by atoms with Crippen molar-refractivity contribution in [2.75, 3.05) is 19.7 Å². The van der Waals surface area contributed by atoms with E-state index < -0.39 is 18.0 Å². The van der Waals surface area contributed by atoms with Crippen molar-refractivity contribution in [1.82, 2.24) is 20.7 Å². The summed E-state index contributed by atoms with van der Waals surface area (Å²) < 4.78 is 4.99. The highest BCUT2D eigenvalue weighted by molar-refractivity contribution is 5.87. The fourth-order valence-electron chi connectivity index (χ4n) is 4.04. The molecule has 4 amide bonds. The van der Waals surface area contributed by atoms with Crippen LogP contribution in [0.25, 0.3) is 0 Å². The summed E-state index contributed by atoms with van der Waals surface area (Å²) in [4.78, 5) is 40.8. The standard InChI is InChI=1S/C27H33N5O4/c1-2-36-26(34)29-24(18-21-10-6-5-7-11-21)25(33)30-32(20-23-14-12-22(19-28)13-15-23)27(35)31-16-8-3-4-9-17-31/h5-7,10-15,24H,2-4,8-9,16-18,20H2,1H3,(H,29,34)(H,30,33). The Morgan fingerprint density at radius 3 is 2.28 bits per heavy atom. The lowest BCUT2D eigenvalue weighted by Gasteiger charge is -2.31. The first kappa shape index (κ1) is 26.5. The number of carbonyl (C=O) groups is 3. The lowest BCUT2D eigenvalue weighted by molar-refractivity contribution is -0.127. The number of nitrogens with zero attached hydrogens (tertiary/aromatic N) is 3. The summed E-state index contributed by atoms with van der Waals surface area (Å²) in [7, 11) is 0. The maximum Gasteiger partial charge on any atom is 0.407 e. The van der Waals surface area contributed by atoms with E-state index in [4.69, 9.17) is 10.00 Å². The van der Waals surface area contributed by atoms with Crippen molar-refractivity contribution in [2.45, 2.75) is 51.6 Å². The number of hydrazine groups is 1. The molecule has 1 saturated heterocycles. The summed E-state index contributed by atoms with van der Waals surface area (Å²) in [5, 5.41) is 13.0. The van der Waals surface area contributed by atoms with E-state index in [2.05, 4.69) is 16.8 Å². The van der Waals surface area contributed by atoms with Gasteiger partial charge in [0, 0.05) is 19.5 Å².